The summed E-state index contributed by atoms with van der Waals surface area (Å²) in [5.74, 6) is 0.846. The predicted octanol–water partition coefficient (Wildman–Crippen LogP) is 1.67. The lowest BCUT2D eigenvalue weighted by molar-refractivity contribution is -0.129. The number of carbonyl (C=O) groups is 1. The third kappa shape index (κ3) is 3.06. The normalized spacial score (nSPS) is 20.5. The van der Waals surface area contributed by atoms with Crippen molar-refractivity contribution in [3.8, 4) is 0 Å². The first-order chi connectivity index (χ1) is 8.08. The lowest BCUT2D eigenvalue weighted by Gasteiger charge is -2.38. The average Bonchev–Trinajstić information content (AvgIpc) is 2.29. The van der Waals surface area contributed by atoms with E-state index in [1.807, 2.05) is 4.90 Å². The van der Waals surface area contributed by atoms with Crippen molar-refractivity contribution in [3.05, 3.63) is 16.9 Å². The molecule has 0 spiro atoms. The Balaban J connectivity index is 2.06. The van der Waals surface area contributed by atoms with Crippen LogP contribution < -0.4 is 4.90 Å². The summed E-state index contributed by atoms with van der Waals surface area (Å²) in [6, 6.07) is 0. The van der Waals surface area contributed by atoms with Gasteiger partial charge in [0.1, 0.15) is 4.05 Å². The van der Waals surface area contributed by atoms with Gasteiger partial charge in [0.15, 0.2) is 0 Å². The molecule has 0 unspecified atom stereocenters. The Morgan fingerprint density at radius 1 is 1.47 bits per heavy atom. The Morgan fingerprint density at radius 2 is 2.12 bits per heavy atom. The van der Waals surface area contributed by atoms with E-state index in [2.05, 4.69) is 53.4 Å². The topological polar surface area (TPSA) is 49.3 Å². The van der Waals surface area contributed by atoms with Crippen molar-refractivity contribution in [2.75, 3.05) is 24.5 Å². The first kappa shape index (κ1) is 13.0. The lowest BCUT2D eigenvalue weighted by atomic mass is 10.3. The van der Waals surface area contributed by atoms with Crippen LogP contribution in [0.1, 0.15) is 6.92 Å². The molecule has 7 heteroatoms. The van der Waals surface area contributed by atoms with Crippen LogP contribution in [0.3, 0.4) is 0 Å². The zero-order valence-corrected chi connectivity index (χ0v) is 13.0. The molecule has 1 amide bonds. The van der Waals surface area contributed by atoms with Gasteiger partial charge in [0.05, 0.1) is 11.0 Å². The second-order valence-corrected chi connectivity index (χ2v) is 6.15. The van der Waals surface area contributed by atoms with E-state index in [0.29, 0.717) is 0 Å². The zero-order chi connectivity index (χ0) is 12.4. The second kappa shape index (κ2) is 5.47. The summed E-state index contributed by atoms with van der Waals surface area (Å²) in [5.41, 5.74) is 0. The van der Waals surface area contributed by atoms with Gasteiger partial charge in [0.25, 0.3) is 0 Å². The molecular formula is C10H12BrIN4O. The van der Waals surface area contributed by atoms with E-state index in [0.717, 1.165) is 30.1 Å². The highest BCUT2D eigenvalue weighted by atomic mass is 127. The molecule has 2 heterocycles. The van der Waals surface area contributed by atoms with Crippen molar-refractivity contribution in [1.29, 1.82) is 0 Å². The van der Waals surface area contributed by atoms with Crippen molar-refractivity contribution < 1.29 is 4.79 Å². The smallest absolute Gasteiger partial charge is 0.225 e. The molecule has 5 nitrogen and oxygen atoms in total. The molecule has 2 rings (SSSR count). The molecule has 0 bridgehead atoms. The number of piperazine rings is 1. The third-order valence-corrected chi connectivity index (χ3v) is 4.09. The summed E-state index contributed by atoms with van der Waals surface area (Å²) >= 11 is 5.59. The monoisotopic (exact) mass is 410 g/mol. The maximum Gasteiger partial charge on any atom is 0.225 e. The number of alkyl halides is 1. The average molecular weight is 411 g/mol. The fourth-order valence-electron chi connectivity index (χ4n) is 1.75. The minimum Gasteiger partial charge on any atom is -0.336 e. The van der Waals surface area contributed by atoms with E-state index >= 15 is 0 Å². The van der Waals surface area contributed by atoms with Crippen LogP contribution in [0.15, 0.2) is 16.9 Å². The molecule has 1 aliphatic rings. The van der Waals surface area contributed by atoms with Crippen molar-refractivity contribution >= 4 is 50.4 Å². The van der Waals surface area contributed by atoms with Crippen molar-refractivity contribution in [1.82, 2.24) is 14.9 Å². The zero-order valence-electron chi connectivity index (χ0n) is 9.31. The molecule has 92 valence electrons. The summed E-state index contributed by atoms with van der Waals surface area (Å²) in [4.78, 5) is 23.9. The van der Waals surface area contributed by atoms with E-state index in [-0.39, 0.29) is 9.96 Å². The Hall–Kier alpha value is -0.440. The maximum atomic E-state index is 11.4. The molecule has 0 aromatic carbocycles. The minimum absolute atomic E-state index is 0.126. The third-order valence-electron chi connectivity index (χ3n) is 2.61. The minimum atomic E-state index is 0.126. The van der Waals surface area contributed by atoms with Crippen LogP contribution in [0.25, 0.3) is 0 Å². The summed E-state index contributed by atoms with van der Waals surface area (Å²) in [6.07, 6.45) is 3.48. The molecule has 0 radical (unpaired) electrons. The first-order valence-electron chi connectivity index (χ1n) is 5.21. The van der Waals surface area contributed by atoms with Gasteiger partial charge in [0, 0.05) is 32.4 Å². The standard InChI is InChI=1S/C10H12BrIN4O/c1-7(17)16-3-2-15(6-9(16)12)10-13-4-8(11)5-14-10/h4-5,9H,2-3,6H2,1H3/t9-/m0/s1. The highest BCUT2D eigenvalue weighted by Crippen LogP contribution is 2.19. The maximum absolute atomic E-state index is 11.4. The number of nitrogens with zero attached hydrogens (tertiary/aromatic N) is 4. The van der Waals surface area contributed by atoms with Gasteiger partial charge in [-0.1, -0.05) is 22.6 Å². The number of hydrogen-bond donors (Lipinski definition) is 0. The lowest BCUT2D eigenvalue weighted by Crippen LogP contribution is -2.52. The van der Waals surface area contributed by atoms with Gasteiger partial charge < -0.3 is 9.80 Å². The Labute approximate surface area is 122 Å². The molecule has 1 aromatic heterocycles. The van der Waals surface area contributed by atoms with Crippen LogP contribution in [0, 0.1) is 0 Å². The Bertz CT molecular complexity index is 413. The summed E-state index contributed by atoms with van der Waals surface area (Å²) < 4.78 is 1.04. The summed E-state index contributed by atoms with van der Waals surface area (Å²) in [6.45, 7) is 3.88. The van der Waals surface area contributed by atoms with E-state index in [4.69, 9.17) is 0 Å². The SMILES string of the molecule is CC(=O)N1CCN(c2ncc(Br)cn2)C[C@H]1I. The highest BCUT2D eigenvalue weighted by Gasteiger charge is 2.27. The van der Waals surface area contributed by atoms with Crippen molar-refractivity contribution in [2.45, 2.75) is 11.0 Å². The number of aromatic nitrogens is 2. The Kier molecular flexibility index (Phi) is 4.18. The van der Waals surface area contributed by atoms with Crippen LogP contribution in [0.4, 0.5) is 5.95 Å². The van der Waals surface area contributed by atoms with Gasteiger partial charge in [-0.15, -0.1) is 0 Å². The van der Waals surface area contributed by atoms with Gasteiger partial charge in [-0.2, -0.15) is 0 Å². The van der Waals surface area contributed by atoms with Crippen LogP contribution in [-0.4, -0.2) is 44.5 Å². The van der Waals surface area contributed by atoms with Crippen LogP contribution in [-0.2, 0) is 4.79 Å². The molecule has 1 aromatic rings. The number of anilines is 1. The molecule has 1 saturated heterocycles. The largest absolute Gasteiger partial charge is 0.336 e. The van der Waals surface area contributed by atoms with Crippen LogP contribution >= 0.6 is 38.5 Å². The van der Waals surface area contributed by atoms with Gasteiger partial charge in [-0.25, -0.2) is 9.97 Å². The molecule has 0 N–H and O–H groups in total. The van der Waals surface area contributed by atoms with Crippen molar-refractivity contribution in [3.63, 3.8) is 0 Å². The van der Waals surface area contributed by atoms with E-state index in [9.17, 15) is 4.79 Å². The van der Waals surface area contributed by atoms with Gasteiger partial charge in [-0.3, -0.25) is 4.79 Å². The van der Waals surface area contributed by atoms with Crippen molar-refractivity contribution in [2.24, 2.45) is 0 Å². The number of carbonyl (C=O) groups excluding carboxylic acids is 1. The molecule has 1 atom stereocenters. The fourth-order valence-corrected chi connectivity index (χ4v) is 3.10. The highest BCUT2D eigenvalue weighted by molar-refractivity contribution is 14.1. The first-order valence-corrected chi connectivity index (χ1v) is 7.25. The molecule has 17 heavy (non-hydrogen) atoms. The van der Waals surface area contributed by atoms with E-state index in [1.165, 1.54) is 0 Å². The number of amides is 1. The quantitative estimate of drug-likeness (QED) is 0.401. The number of halogens is 2. The number of rotatable bonds is 1. The van der Waals surface area contributed by atoms with Crippen LogP contribution in [0.2, 0.25) is 0 Å². The summed E-state index contributed by atoms with van der Waals surface area (Å²) in [5, 5.41) is 0. The number of hydrogen-bond acceptors (Lipinski definition) is 4. The van der Waals surface area contributed by atoms with Gasteiger partial charge in [-0.05, 0) is 15.9 Å². The molecule has 1 aliphatic heterocycles. The van der Waals surface area contributed by atoms with E-state index in [1.54, 1.807) is 19.3 Å². The molecule has 0 aliphatic carbocycles. The van der Waals surface area contributed by atoms with Gasteiger partial charge in [0.2, 0.25) is 11.9 Å². The molecular weight excluding hydrogens is 399 g/mol. The van der Waals surface area contributed by atoms with E-state index < -0.39 is 0 Å². The Morgan fingerprint density at radius 3 is 2.65 bits per heavy atom. The molecule has 0 saturated carbocycles. The summed E-state index contributed by atoms with van der Waals surface area (Å²) in [7, 11) is 0. The van der Waals surface area contributed by atoms with Crippen LogP contribution in [0.5, 0.6) is 0 Å². The fraction of sp³-hybridized carbons (Fsp3) is 0.500. The second-order valence-electron chi connectivity index (χ2n) is 3.79. The van der Waals surface area contributed by atoms with Gasteiger partial charge >= 0.3 is 0 Å². The predicted molar refractivity (Wildman–Crippen MR) is 77.1 cm³/mol. The molecule has 1 fully saturated rings.